The Labute approximate surface area is 102 Å². The number of thiophene rings is 1. The van der Waals surface area contributed by atoms with E-state index in [1.54, 1.807) is 18.2 Å². The summed E-state index contributed by atoms with van der Waals surface area (Å²) in [6, 6.07) is 1.27. The lowest BCUT2D eigenvalue weighted by Gasteiger charge is -2.12. The van der Waals surface area contributed by atoms with Crippen molar-refractivity contribution >= 4 is 29.0 Å². The maximum Gasteiger partial charge on any atom is 0.319 e. The Morgan fingerprint density at radius 3 is 2.82 bits per heavy atom. The average molecular weight is 252 g/mol. The molecular weight excluding hydrogens is 240 g/mol. The fraction of sp³-hybridized carbons (Fsp3) is 0.273. The van der Waals surface area contributed by atoms with Crippen molar-refractivity contribution < 1.29 is 14.7 Å². The molecule has 2 amide bonds. The van der Waals surface area contributed by atoms with E-state index in [9.17, 15) is 9.59 Å². The molecule has 0 aliphatic heterocycles. The van der Waals surface area contributed by atoms with Crippen LogP contribution < -0.4 is 10.6 Å². The zero-order valence-electron chi connectivity index (χ0n) is 8.92. The van der Waals surface area contributed by atoms with E-state index >= 15 is 0 Å². The predicted molar refractivity (Wildman–Crippen MR) is 65.1 cm³/mol. The SMILES string of the molecule is O=C(Nc1ccsc1)NC1C=CC(C(=O)O)C1. The zero-order chi connectivity index (χ0) is 12.3. The van der Waals surface area contributed by atoms with E-state index in [2.05, 4.69) is 10.6 Å². The quantitative estimate of drug-likeness (QED) is 0.719. The first kappa shape index (κ1) is 11.7. The number of amides is 2. The summed E-state index contributed by atoms with van der Waals surface area (Å²) in [5, 5.41) is 17.9. The summed E-state index contributed by atoms with van der Waals surface area (Å²) in [4.78, 5) is 22.3. The second-order valence-corrected chi connectivity index (χ2v) is 4.56. The van der Waals surface area contributed by atoms with E-state index in [1.165, 1.54) is 11.3 Å². The van der Waals surface area contributed by atoms with Crippen molar-refractivity contribution in [3.63, 3.8) is 0 Å². The standard InChI is InChI=1S/C11H12N2O3S/c14-10(15)7-1-2-8(5-7)12-11(16)13-9-3-4-17-6-9/h1-4,6-8H,5H2,(H,14,15)(H2,12,13,16). The second-order valence-electron chi connectivity index (χ2n) is 3.78. The van der Waals surface area contributed by atoms with Gasteiger partial charge >= 0.3 is 12.0 Å². The smallest absolute Gasteiger partial charge is 0.319 e. The summed E-state index contributed by atoms with van der Waals surface area (Å²) < 4.78 is 0. The van der Waals surface area contributed by atoms with Crippen LogP contribution in [0.1, 0.15) is 6.42 Å². The maximum absolute atomic E-state index is 11.5. The number of carboxylic acid groups (broad SMARTS) is 1. The van der Waals surface area contributed by atoms with Crippen molar-refractivity contribution in [2.75, 3.05) is 5.32 Å². The largest absolute Gasteiger partial charge is 0.481 e. The van der Waals surface area contributed by atoms with Gasteiger partial charge in [-0.05, 0) is 17.9 Å². The number of aliphatic carboxylic acids is 1. The number of carbonyl (C=O) groups is 2. The van der Waals surface area contributed by atoms with Crippen LogP contribution >= 0.6 is 11.3 Å². The van der Waals surface area contributed by atoms with Crippen molar-refractivity contribution in [1.29, 1.82) is 0 Å². The monoisotopic (exact) mass is 252 g/mol. The highest BCUT2D eigenvalue weighted by Gasteiger charge is 2.25. The van der Waals surface area contributed by atoms with E-state index < -0.39 is 11.9 Å². The Morgan fingerprint density at radius 2 is 2.24 bits per heavy atom. The molecule has 90 valence electrons. The number of nitrogens with one attached hydrogen (secondary N) is 2. The van der Waals surface area contributed by atoms with Gasteiger partial charge in [0.05, 0.1) is 17.6 Å². The van der Waals surface area contributed by atoms with Crippen molar-refractivity contribution in [3.05, 3.63) is 29.0 Å². The molecule has 1 aliphatic rings. The number of rotatable bonds is 3. The molecule has 0 radical (unpaired) electrons. The van der Waals surface area contributed by atoms with Crippen molar-refractivity contribution in [3.8, 4) is 0 Å². The lowest BCUT2D eigenvalue weighted by molar-refractivity contribution is -0.140. The predicted octanol–water partition coefficient (Wildman–Crippen LogP) is 1.90. The third-order valence-corrected chi connectivity index (χ3v) is 3.18. The summed E-state index contributed by atoms with van der Waals surface area (Å²) in [5.74, 6) is -1.36. The molecule has 0 saturated carbocycles. The lowest BCUT2D eigenvalue weighted by atomic mass is 10.1. The molecule has 0 aromatic carbocycles. The molecule has 0 fully saturated rings. The van der Waals surface area contributed by atoms with Crippen LogP contribution in [-0.4, -0.2) is 23.1 Å². The summed E-state index contributed by atoms with van der Waals surface area (Å²) in [7, 11) is 0. The van der Waals surface area contributed by atoms with Crippen LogP contribution in [0, 0.1) is 5.92 Å². The number of carboxylic acids is 1. The third kappa shape index (κ3) is 3.07. The molecule has 0 spiro atoms. The number of hydrogen-bond acceptors (Lipinski definition) is 3. The minimum Gasteiger partial charge on any atom is -0.481 e. The van der Waals surface area contributed by atoms with Gasteiger partial charge in [-0.3, -0.25) is 4.79 Å². The van der Waals surface area contributed by atoms with Crippen LogP contribution in [0.25, 0.3) is 0 Å². The van der Waals surface area contributed by atoms with Gasteiger partial charge in [0.2, 0.25) is 0 Å². The number of hydrogen-bond donors (Lipinski definition) is 3. The Balaban J connectivity index is 1.81. The van der Waals surface area contributed by atoms with Crippen LogP contribution in [0.15, 0.2) is 29.0 Å². The molecule has 6 heteroatoms. The van der Waals surface area contributed by atoms with Gasteiger partial charge in [-0.25, -0.2) is 4.79 Å². The summed E-state index contributed by atoms with van der Waals surface area (Å²) >= 11 is 1.49. The molecule has 1 aliphatic carbocycles. The zero-order valence-corrected chi connectivity index (χ0v) is 9.74. The topological polar surface area (TPSA) is 78.4 Å². The molecule has 5 nitrogen and oxygen atoms in total. The number of urea groups is 1. The molecule has 1 aromatic heterocycles. The molecular formula is C11H12N2O3S. The Hall–Kier alpha value is -1.82. The van der Waals surface area contributed by atoms with Crippen molar-refractivity contribution in [1.82, 2.24) is 5.32 Å². The Morgan fingerprint density at radius 1 is 1.41 bits per heavy atom. The first-order valence-electron chi connectivity index (χ1n) is 5.16. The molecule has 2 rings (SSSR count). The van der Waals surface area contributed by atoms with Crippen LogP contribution in [-0.2, 0) is 4.79 Å². The Bertz CT molecular complexity index is 442. The number of carbonyl (C=O) groups excluding carboxylic acids is 1. The first-order valence-corrected chi connectivity index (χ1v) is 6.10. The van der Waals surface area contributed by atoms with Gasteiger partial charge in [0, 0.05) is 5.38 Å². The lowest BCUT2D eigenvalue weighted by Crippen LogP contribution is -2.36. The highest BCUT2D eigenvalue weighted by molar-refractivity contribution is 7.08. The molecule has 0 saturated heterocycles. The maximum atomic E-state index is 11.5. The Kier molecular flexibility index (Phi) is 3.43. The molecule has 1 aromatic rings. The van der Waals surface area contributed by atoms with E-state index in [0.29, 0.717) is 6.42 Å². The van der Waals surface area contributed by atoms with Gasteiger partial charge in [0.1, 0.15) is 0 Å². The molecule has 3 N–H and O–H groups in total. The highest BCUT2D eigenvalue weighted by Crippen LogP contribution is 2.18. The van der Waals surface area contributed by atoms with Crippen LogP contribution in [0.5, 0.6) is 0 Å². The van der Waals surface area contributed by atoms with Gasteiger partial charge in [-0.2, -0.15) is 11.3 Å². The van der Waals surface area contributed by atoms with Gasteiger partial charge in [0.25, 0.3) is 0 Å². The first-order chi connectivity index (χ1) is 8.15. The third-order valence-electron chi connectivity index (χ3n) is 2.50. The molecule has 2 unspecified atom stereocenters. The summed E-state index contributed by atoms with van der Waals surface area (Å²) in [6.45, 7) is 0. The molecule has 0 bridgehead atoms. The normalized spacial score (nSPS) is 22.4. The van der Waals surface area contributed by atoms with Gasteiger partial charge < -0.3 is 15.7 Å². The van der Waals surface area contributed by atoms with E-state index in [0.717, 1.165) is 5.69 Å². The van der Waals surface area contributed by atoms with Crippen LogP contribution in [0.2, 0.25) is 0 Å². The minimum absolute atomic E-state index is 0.213. The molecule has 2 atom stereocenters. The van der Waals surface area contributed by atoms with Crippen molar-refractivity contribution in [2.24, 2.45) is 5.92 Å². The van der Waals surface area contributed by atoms with E-state index in [4.69, 9.17) is 5.11 Å². The van der Waals surface area contributed by atoms with E-state index in [-0.39, 0.29) is 12.1 Å². The fourth-order valence-corrected chi connectivity index (χ4v) is 2.25. The fourth-order valence-electron chi connectivity index (χ4n) is 1.66. The van der Waals surface area contributed by atoms with E-state index in [1.807, 2.05) is 10.8 Å². The highest BCUT2D eigenvalue weighted by atomic mass is 32.1. The van der Waals surface area contributed by atoms with Gasteiger partial charge in [-0.15, -0.1) is 0 Å². The minimum atomic E-state index is -0.858. The van der Waals surface area contributed by atoms with Crippen LogP contribution in [0.3, 0.4) is 0 Å². The second kappa shape index (κ2) is 5.01. The van der Waals surface area contributed by atoms with Crippen molar-refractivity contribution in [2.45, 2.75) is 12.5 Å². The van der Waals surface area contributed by atoms with Gasteiger partial charge in [0.15, 0.2) is 0 Å². The molecule has 17 heavy (non-hydrogen) atoms. The van der Waals surface area contributed by atoms with Crippen LogP contribution in [0.4, 0.5) is 10.5 Å². The molecule has 1 heterocycles. The number of anilines is 1. The van der Waals surface area contributed by atoms with Gasteiger partial charge in [-0.1, -0.05) is 12.2 Å². The summed E-state index contributed by atoms with van der Waals surface area (Å²) in [5.41, 5.74) is 0.740. The summed E-state index contributed by atoms with van der Waals surface area (Å²) in [6.07, 6.45) is 3.73. The average Bonchev–Trinajstić information content (AvgIpc) is 2.88.